The Balaban J connectivity index is 1.98. The van der Waals surface area contributed by atoms with Crippen LogP contribution in [0.2, 0.25) is 5.15 Å². The Labute approximate surface area is 90.8 Å². The summed E-state index contributed by atoms with van der Waals surface area (Å²) in [5.41, 5.74) is 1.24. The maximum absolute atomic E-state index is 5.72. The maximum atomic E-state index is 5.72. The van der Waals surface area contributed by atoms with Gasteiger partial charge < -0.3 is 5.32 Å². The molecule has 0 radical (unpaired) electrons. The Morgan fingerprint density at radius 2 is 2.36 bits per heavy atom. The van der Waals surface area contributed by atoms with E-state index in [4.69, 9.17) is 11.6 Å². The lowest BCUT2D eigenvalue weighted by Gasteiger charge is -2.02. The third-order valence-electron chi connectivity index (χ3n) is 1.69. The van der Waals surface area contributed by atoms with Crippen molar-refractivity contribution in [1.29, 1.82) is 0 Å². The van der Waals surface area contributed by atoms with Crippen LogP contribution in [0.3, 0.4) is 0 Å². The van der Waals surface area contributed by atoms with Gasteiger partial charge in [-0.15, -0.1) is 0 Å². The smallest absolute Gasteiger partial charge is 0.134 e. The summed E-state index contributed by atoms with van der Waals surface area (Å²) in [7, 11) is 0. The Bertz CT molecular complexity index is 402. The SMILES string of the molecule is Clc1cc(NCc2ccsc2)ncn1. The number of anilines is 1. The molecule has 2 heterocycles. The molecule has 0 bridgehead atoms. The molecule has 0 aromatic carbocycles. The first-order valence-electron chi connectivity index (χ1n) is 4.07. The van der Waals surface area contributed by atoms with Crippen molar-refractivity contribution in [3.8, 4) is 0 Å². The van der Waals surface area contributed by atoms with Crippen LogP contribution in [0.15, 0.2) is 29.2 Å². The fraction of sp³-hybridized carbons (Fsp3) is 0.111. The van der Waals surface area contributed by atoms with Crippen LogP contribution < -0.4 is 5.32 Å². The Morgan fingerprint density at radius 3 is 3.07 bits per heavy atom. The zero-order valence-corrected chi connectivity index (χ0v) is 8.85. The van der Waals surface area contributed by atoms with Gasteiger partial charge in [-0.2, -0.15) is 11.3 Å². The molecular weight excluding hydrogens is 218 g/mol. The van der Waals surface area contributed by atoms with Crippen molar-refractivity contribution in [1.82, 2.24) is 9.97 Å². The highest BCUT2D eigenvalue weighted by molar-refractivity contribution is 7.07. The van der Waals surface area contributed by atoms with Gasteiger partial charge in [-0.05, 0) is 22.4 Å². The average molecular weight is 226 g/mol. The van der Waals surface area contributed by atoms with E-state index in [-0.39, 0.29) is 0 Å². The topological polar surface area (TPSA) is 37.8 Å². The number of rotatable bonds is 3. The van der Waals surface area contributed by atoms with E-state index in [1.807, 2.05) is 5.38 Å². The molecule has 0 amide bonds. The Morgan fingerprint density at radius 1 is 1.43 bits per heavy atom. The minimum absolute atomic E-state index is 0.452. The highest BCUT2D eigenvalue weighted by Gasteiger charge is 1.96. The van der Waals surface area contributed by atoms with Gasteiger partial charge in [-0.3, -0.25) is 0 Å². The number of hydrogen-bond acceptors (Lipinski definition) is 4. The minimum atomic E-state index is 0.452. The summed E-state index contributed by atoms with van der Waals surface area (Å²) in [6, 6.07) is 3.77. The third-order valence-corrected chi connectivity index (χ3v) is 2.63. The highest BCUT2D eigenvalue weighted by atomic mass is 35.5. The maximum Gasteiger partial charge on any atom is 0.134 e. The molecule has 5 heteroatoms. The van der Waals surface area contributed by atoms with E-state index in [0.29, 0.717) is 5.15 Å². The zero-order valence-electron chi connectivity index (χ0n) is 7.27. The first-order chi connectivity index (χ1) is 6.84. The van der Waals surface area contributed by atoms with E-state index >= 15 is 0 Å². The zero-order chi connectivity index (χ0) is 9.80. The van der Waals surface area contributed by atoms with Gasteiger partial charge >= 0.3 is 0 Å². The molecule has 0 aliphatic carbocycles. The molecule has 1 N–H and O–H groups in total. The molecule has 0 spiro atoms. The number of hydrogen-bond donors (Lipinski definition) is 1. The number of aromatic nitrogens is 2. The van der Waals surface area contributed by atoms with Crippen molar-refractivity contribution in [2.45, 2.75) is 6.54 Å². The fourth-order valence-electron chi connectivity index (χ4n) is 1.02. The predicted molar refractivity (Wildman–Crippen MR) is 58.7 cm³/mol. The summed E-state index contributed by atoms with van der Waals surface area (Å²) in [6.07, 6.45) is 1.44. The largest absolute Gasteiger partial charge is 0.366 e. The van der Waals surface area contributed by atoms with E-state index in [1.54, 1.807) is 17.4 Å². The van der Waals surface area contributed by atoms with Crippen LogP contribution in [0.5, 0.6) is 0 Å². The molecule has 14 heavy (non-hydrogen) atoms. The first kappa shape index (κ1) is 9.43. The summed E-state index contributed by atoms with van der Waals surface area (Å²) in [5, 5.41) is 7.75. The van der Waals surface area contributed by atoms with Gasteiger partial charge in [0.25, 0.3) is 0 Å². The number of halogens is 1. The van der Waals surface area contributed by atoms with Crippen molar-refractivity contribution < 1.29 is 0 Å². The van der Waals surface area contributed by atoms with Gasteiger partial charge in [0.05, 0.1) is 0 Å². The highest BCUT2D eigenvalue weighted by Crippen LogP contribution is 2.11. The summed E-state index contributed by atoms with van der Waals surface area (Å²) in [6.45, 7) is 0.761. The van der Waals surface area contributed by atoms with Gasteiger partial charge in [0.15, 0.2) is 0 Å². The van der Waals surface area contributed by atoms with Gasteiger partial charge in [0.2, 0.25) is 0 Å². The first-order valence-corrected chi connectivity index (χ1v) is 5.39. The molecule has 2 aromatic heterocycles. The molecule has 0 aliphatic rings. The summed E-state index contributed by atoms with van der Waals surface area (Å²) < 4.78 is 0. The molecule has 3 nitrogen and oxygen atoms in total. The molecular formula is C9H8ClN3S. The Hall–Kier alpha value is -1.13. The summed E-state index contributed by atoms with van der Waals surface area (Å²) in [5.74, 6) is 0.746. The molecule has 2 rings (SSSR count). The molecule has 0 aliphatic heterocycles. The van der Waals surface area contributed by atoms with E-state index < -0.39 is 0 Å². The van der Waals surface area contributed by atoms with E-state index in [2.05, 4.69) is 26.7 Å². The molecule has 0 saturated heterocycles. The fourth-order valence-corrected chi connectivity index (χ4v) is 1.83. The Kier molecular flexibility index (Phi) is 2.96. The van der Waals surface area contributed by atoms with Crippen LogP contribution in [-0.4, -0.2) is 9.97 Å². The minimum Gasteiger partial charge on any atom is -0.366 e. The van der Waals surface area contributed by atoms with Crippen LogP contribution in [0.4, 0.5) is 5.82 Å². The van der Waals surface area contributed by atoms with E-state index in [1.165, 1.54) is 11.9 Å². The van der Waals surface area contributed by atoms with E-state index in [0.717, 1.165) is 12.4 Å². The van der Waals surface area contributed by atoms with Crippen molar-refractivity contribution in [3.63, 3.8) is 0 Å². The number of thiophene rings is 1. The van der Waals surface area contributed by atoms with Gasteiger partial charge in [-0.1, -0.05) is 11.6 Å². The molecule has 0 fully saturated rings. The van der Waals surface area contributed by atoms with Crippen molar-refractivity contribution in [2.75, 3.05) is 5.32 Å². The lowest BCUT2D eigenvalue weighted by Crippen LogP contribution is -2.00. The predicted octanol–water partition coefficient (Wildman–Crippen LogP) is 2.80. The number of nitrogens with zero attached hydrogens (tertiary/aromatic N) is 2. The second kappa shape index (κ2) is 4.39. The van der Waals surface area contributed by atoms with Gasteiger partial charge in [0, 0.05) is 12.6 Å². The normalized spacial score (nSPS) is 10.1. The van der Waals surface area contributed by atoms with Crippen LogP contribution >= 0.6 is 22.9 Å². The molecule has 72 valence electrons. The molecule has 2 aromatic rings. The van der Waals surface area contributed by atoms with Crippen molar-refractivity contribution in [3.05, 3.63) is 39.9 Å². The standard InChI is InChI=1S/C9H8ClN3S/c10-8-3-9(13-6-12-8)11-4-7-1-2-14-5-7/h1-3,5-6H,4H2,(H,11,12,13). The van der Waals surface area contributed by atoms with Crippen LogP contribution in [-0.2, 0) is 6.54 Å². The molecule has 0 saturated carbocycles. The van der Waals surface area contributed by atoms with Gasteiger partial charge in [0.1, 0.15) is 17.3 Å². The van der Waals surface area contributed by atoms with Crippen LogP contribution in [0.25, 0.3) is 0 Å². The average Bonchev–Trinajstić information content (AvgIpc) is 2.67. The van der Waals surface area contributed by atoms with Gasteiger partial charge in [-0.25, -0.2) is 9.97 Å². The lowest BCUT2D eigenvalue weighted by atomic mass is 10.3. The van der Waals surface area contributed by atoms with Crippen molar-refractivity contribution in [2.24, 2.45) is 0 Å². The third kappa shape index (κ3) is 2.43. The van der Waals surface area contributed by atoms with Crippen LogP contribution in [0, 0.1) is 0 Å². The van der Waals surface area contributed by atoms with E-state index in [9.17, 15) is 0 Å². The summed E-state index contributed by atoms with van der Waals surface area (Å²) >= 11 is 7.40. The second-order valence-corrected chi connectivity index (χ2v) is 3.88. The quantitative estimate of drug-likeness (QED) is 0.817. The second-order valence-electron chi connectivity index (χ2n) is 2.71. The number of nitrogens with one attached hydrogen (secondary N) is 1. The monoisotopic (exact) mass is 225 g/mol. The molecule has 0 unspecified atom stereocenters. The summed E-state index contributed by atoms with van der Waals surface area (Å²) in [4.78, 5) is 7.84. The molecule has 0 atom stereocenters. The van der Waals surface area contributed by atoms with Crippen molar-refractivity contribution >= 4 is 28.8 Å². The lowest BCUT2D eigenvalue weighted by molar-refractivity contribution is 1.09. The van der Waals surface area contributed by atoms with Crippen LogP contribution in [0.1, 0.15) is 5.56 Å².